The van der Waals surface area contributed by atoms with Crippen molar-refractivity contribution in [3.63, 3.8) is 0 Å². The Kier molecular flexibility index (Phi) is 5.49. The van der Waals surface area contributed by atoms with Crippen LogP contribution in [-0.4, -0.2) is 21.6 Å². The summed E-state index contributed by atoms with van der Waals surface area (Å²) in [5, 5.41) is 4.05. The molecule has 0 aliphatic carbocycles. The number of thiophene rings is 1. The number of aryl methyl sites for hydroxylation is 1. The average molecular weight is 354 g/mol. The average Bonchev–Trinajstić information content (AvgIpc) is 3.03. The Morgan fingerprint density at radius 3 is 2.57 bits per heavy atom. The molecule has 0 aliphatic rings. The van der Waals surface area contributed by atoms with Gasteiger partial charge in [-0.25, -0.2) is 13.1 Å². The molecular weight excluding hydrogens is 330 g/mol. The van der Waals surface area contributed by atoms with E-state index in [1.807, 2.05) is 39.1 Å². The zero-order chi connectivity index (χ0) is 17.1. The zero-order valence-electron chi connectivity index (χ0n) is 13.9. The quantitative estimate of drug-likeness (QED) is 0.825. The van der Waals surface area contributed by atoms with Gasteiger partial charge >= 0.3 is 0 Å². The lowest BCUT2D eigenvalue weighted by molar-refractivity contribution is 0.337. The lowest BCUT2D eigenvalue weighted by Crippen LogP contribution is -2.36. The normalized spacial score (nSPS) is 12.3. The summed E-state index contributed by atoms with van der Waals surface area (Å²) in [5.74, 6) is 0.713. The third-order valence-electron chi connectivity index (χ3n) is 3.76. The molecule has 1 N–H and O–H groups in total. The highest BCUT2D eigenvalue weighted by Crippen LogP contribution is 2.26. The van der Waals surface area contributed by atoms with Crippen LogP contribution in [0.4, 0.5) is 0 Å². The summed E-state index contributed by atoms with van der Waals surface area (Å²) >= 11 is 1.61. The van der Waals surface area contributed by atoms with Crippen LogP contribution >= 0.6 is 11.3 Å². The van der Waals surface area contributed by atoms with Gasteiger partial charge in [0.25, 0.3) is 0 Å². The summed E-state index contributed by atoms with van der Waals surface area (Å²) < 4.78 is 33.2. The van der Waals surface area contributed by atoms with Gasteiger partial charge in [-0.3, -0.25) is 0 Å². The maximum atomic E-state index is 12.5. The van der Waals surface area contributed by atoms with Gasteiger partial charge in [-0.05, 0) is 60.0 Å². The molecule has 2 rings (SSSR count). The Morgan fingerprint density at radius 1 is 1.26 bits per heavy atom. The molecule has 6 heteroatoms. The molecule has 126 valence electrons. The van der Waals surface area contributed by atoms with E-state index < -0.39 is 10.0 Å². The first-order valence-corrected chi connectivity index (χ1v) is 9.94. The van der Waals surface area contributed by atoms with E-state index >= 15 is 0 Å². The summed E-state index contributed by atoms with van der Waals surface area (Å²) in [5.41, 5.74) is 1.69. The van der Waals surface area contributed by atoms with E-state index in [1.54, 1.807) is 29.5 Å². The van der Waals surface area contributed by atoms with E-state index in [1.165, 1.54) is 0 Å². The van der Waals surface area contributed by atoms with E-state index in [2.05, 4.69) is 10.1 Å². The molecule has 23 heavy (non-hydrogen) atoms. The van der Waals surface area contributed by atoms with Crippen molar-refractivity contribution in [3.8, 4) is 5.75 Å². The van der Waals surface area contributed by atoms with Crippen LogP contribution in [-0.2, 0) is 15.4 Å². The maximum Gasteiger partial charge on any atom is 0.240 e. The molecule has 0 spiro atoms. The van der Waals surface area contributed by atoms with Gasteiger partial charge < -0.3 is 4.74 Å². The minimum atomic E-state index is -3.54. The zero-order valence-corrected chi connectivity index (χ0v) is 15.6. The highest BCUT2D eigenvalue weighted by Gasteiger charge is 2.24. The minimum absolute atomic E-state index is 0.257. The van der Waals surface area contributed by atoms with Gasteiger partial charge in [-0.1, -0.05) is 13.8 Å². The Balaban J connectivity index is 2.14. The second-order valence-corrected chi connectivity index (χ2v) is 8.63. The van der Waals surface area contributed by atoms with Crippen molar-refractivity contribution < 1.29 is 13.2 Å². The first-order chi connectivity index (χ1) is 10.8. The molecule has 0 saturated carbocycles. The van der Waals surface area contributed by atoms with Crippen LogP contribution in [0.5, 0.6) is 5.75 Å². The first-order valence-electron chi connectivity index (χ1n) is 7.52. The van der Waals surface area contributed by atoms with Gasteiger partial charge in [0.15, 0.2) is 0 Å². The van der Waals surface area contributed by atoms with Crippen molar-refractivity contribution in [3.05, 3.63) is 46.2 Å². The van der Waals surface area contributed by atoms with Crippen LogP contribution in [0, 0.1) is 6.92 Å². The molecule has 1 aromatic carbocycles. The smallest absolute Gasteiger partial charge is 0.240 e. The Hall–Kier alpha value is -1.37. The third-order valence-corrected chi connectivity index (χ3v) is 5.85. The Bertz CT molecular complexity index is 750. The summed E-state index contributed by atoms with van der Waals surface area (Å²) in [4.78, 5) is 0.263. The molecule has 0 unspecified atom stereocenters. The Labute approximate surface area is 142 Å². The van der Waals surface area contributed by atoms with Gasteiger partial charge in [0.2, 0.25) is 10.0 Å². The van der Waals surface area contributed by atoms with Crippen LogP contribution in [0.2, 0.25) is 0 Å². The largest absolute Gasteiger partial charge is 0.494 e. The molecule has 0 fully saturated rings. The van der Waals surface area contributed by atoms with Crippen LogP contribution in [0.3, 0.4) is 0 Å². The van der Waals surface area contributed by atoms with Gasteiger partial charge in [0.1, 0.15) is 5.75 Å². The number of sulfonamides is 1. The van der Waals surface area contributed by atoms with Crippen molar-refractivity contribution in [2.45, 2.75) is 38.0 Å². The van der Waals surface area contributed by atoms with Crippen molar-refractivity contribution in [2.75, 3.05) is 13.2 Å². The van der Waals surface area contributed by atoms with Gasteiger partial charge in [0.05, 0.1) is 11.5 Å². The summed E-state index contributed by atoms with van der Waals surface area (Å²) in [7, 11) is -3.54. The third kappa shape index (κ3) is 4.34. The minimum Gasteiger partial charge on any atom is -0.494 e. The Morgan fingerprint density at radius 2 is 2.00 bits per heavy atom. The lowest BCUT2D eigenvalue weighted by atomic mass is 9.87. The number of ether oxygens (including phenoxy) is 1. The summed E-state index contributed by atoms with van der Waals surface area (Å²) in [6.07, 6.45) is 0. The van der Waals surface area contributed by atoms with Crippen LogP contribution in [0.15, 0.2) is 39.9 Å². The summed E-state index contributed by atoms with van der Waals surface area (Å²) in [6, 6.07) is 6.96. The SMILES string of the molecule is CCOc1ccc(S(=O)(=O)NCC(C)(C)c2ccsc2)cc1C. The van der Waals surface area contributed by atoms with E-state index in [0.717, 1.165) is 11.1 Å². The molecule has 2 aromatic rings. The van der Waals surface area contributed by atoms with Crippen molar-refractivity contribution in [1.29, 1.82) is 0 Å². The molecule has 0 saturated heterocycles. The summed E-state index contributed by atoms with van der Waals surface area (Å²) in [6.45, 7) is 8.71. The molecule has 0 bridgehead atoms. The molecule has 1 aromatic heterocycles. The molecule has 0 aliphatic heterocycles. The maximum absolute atomic E-state index is 12.5. The van der Waals surface area contributed by atoms with Gasteiger partial charge in [0, 0.05) is 12.0 Å². The fourth-order valence-corrected chi connectivity index (χ4v) is 4.36. The fourth-order valence-electron chi connectivity index (χ4n) is 2.22. The molecule has 4 nitrogen and oxygen atoms in total. The standard InChI is InChI=1S/C17H23NO3S2/c1-5-21-16-7-6-15(10-13(16)2)23(19,20)18-12-17(3,4)14-8-9-22-11-14/h6-11,18H,5,12H2,1-4H3. The topological polar surface area (TPSA) is 55.4 Å². The van der Waals surface area contributed by atoms with Crippen LogP contribution in [0.25, 0.3) is 0 Å². The van der Waals surface area contributed by atoms with Gasteiger partial charge in [-0.15, -0.1) is 0 Å². The monoisotopic (exact) mass is 353 g/mol. The first kappa shape index (κ1) is 18.0. The lowest BCUT2D eigenvalue weighted by Gasteiger charge is -2.24. The van der Waals surface area contributed by atoms with Gasteiger partial charge in [-0.2, -0.15) is 11.3 Å². The van der Waals surface area contributed by atoms with E-state index in [-0.39, 0.29) is 10.3 Å². The number of hydrogen-bond acceptors (Lipinski definition) is 4. The van der Waals surface area contributed by atoms with Crippen LogP contribution < -0.4 is 9.46 Å². The molecule has 0 atom stereocenters. The highest BCUT2D eigenvalue weighted by molar-refractivity contribution is 7.89. The van der Waals surface area contributed by atoms with Crippen molar-refractivity contribution >= 4 is 21.4 Å². The predicted molar refractivity (Wildman–Crippen MR) is 94.9 cm³/mol. The predicted octanol–water partition coefficient (Wildman–Crippen LogP) is 3.71. The number of nitrogens with one attached hydrogen (secondary N) is 1. The number of hydrogen-bond donors (Lipinski definition) is 1. The molecule has 0 radical (unpaired) electrons. The van der Waals surface area contributed by atoms with E-state index in [9.17, 15) is 8.42 Å². The second-order valence-electron chi connectivity index (χ2n) is 6.08. The fraction of sp³-hybridized carbons (Fsp3) is 0.412. The van der Waals surface area contributed by atoms with Crippen molar-refractivity contribution in [1.82, 2.24) is 4.72 Å². The van der Waals surface area contributed by atoms with E-state index in [4.69, 9.17) is 4.74 Å². The van der Waals surface area contributed by atoms with Crippen LogP contribution in [0.1, 0.15) is 31.9 Å². The molecule has 0 amide bonds. The molecular formula is C17H23NO3S2. The molecule has 1 heterocycles. The highest BCUT2D eigenvalue weighted by atomic mass is 32.2. The number of benzene rings is 1. The number of rotatable bonds is 7. The second kappa shape index (κ2) is 7.03. The van der Waals surface area contributed by atoms with E-state index in [0.29, 0.717) is 18.9 Å². The van der Waals surface area contributed by atoms with Crippen molar-refractivity contribution in [2.24, 2.45) is 0 Å².